The molecule has 11 rings (SSSR count). The van der Waals surface area contributed by atoms with E-state index in [0.717, 1.165) is 54.4 Å². The monoisotopic (exact) mass is 924 g/mol. The van der Waals surface area contributed by atoms with Crippen LogP contribution in [-0.2, 0) is 0 Å². The second-order valence-corrected chi connectivity index (χ2v) is 22.2. The summed E-state index contributed by atoms with van der Waals surface area (Å²) in [5, 5.41) is 0. The molecule has 9 aromatic rings. The van der Waals surface area contributed by atoms with E-state index < -0.39 is 0 Å². The first-order chi connectivity index (χ1) is 31.9. The van der Waals surface area contributed by atoms with Gasteiger partial charge in [0.1, 0.15) is 0 Å². The van der Waals surface area contributed by atoms with Crippen molar-refractivity contribution in [2.24, 2.45) is 0 Å². The van der Waals surface area contributed by atoms with Gasteiger partial charge in [0.15, 0.2) is 0 Å². The van der Waals surface area contributed by atoms with Gasteiger partial charge in [0.2, 0.25) is 0 Å². The quantitative estimate of drug-likeness (QED) is 0.176. The fourth-order valence-electron chi connectivity index (χ4n) is 9.88. The zero-order chi connectivity index (χ0) is 45.4. The Kier molecular flexibility index (Phi) is 10.8. The van der Waals surface area contributed by atoms with Crippen LogP contribution >= 0.6 is 45.3 Å². The van der Waals surface area contributed by atoms with E-state index in [9.17, 15) is 0 Å². The lowest BCUT2D eigenvalue weighted by Crippen LogP contribution is -1.93. The van der Waals surface area contributed by atoms with Crippen LogP contribution < -0.4 is 0 Å². The zero-order valence-corrected chi connectivity index (χ0v) is 41.6. The second kappa shape index (κ2) is 16.9. The van der Waals surface area contributed by atoms with Gasteiger partial charge in [-0.3, -0.25) is 0 Å². The smallest absolute Gasteiger partial charge is 0.0730 e. The minimum absolute atomic E-state index is 0.965. The maximum atomic E-state index is 5.63. The van der Waals surface area contributed by atoms with Gasteiger partial charge in [-0.2, -0.15) is 0 Å². The van der Waals surface area contributed by atoms with Gasteiger partial charge in [-0.25, -0.2) is 9.97 Å². The Balaban J connectivity index is 1.32. The van der Waals surface area contributed by atoms with Gasteiger partial charge in [0.05, 0.1) is 22.8 Å². The molecule has 6 heteroatoms. The van der Waals surface area contributed by atoms with Crippen molar-refractivity contribution in [3.05, 3.63) is 189 Å². The molecule has 5 aromatic heterocycles. The molecule has 7 heterocycles. The summed E-state index contributed by atoms with van der Waals surface area (Å²) in [6.45, 7) is 17.7. The van der Waals surface area contributed by atoms with Gasteiger partial charge >= 0.3 is 0 Å². The number of rotatable bonds is 4. The van der Waals surface area contributed by atoms with Crippen molar-refractivity contribution in [3.63, 3.8) is 0 Å². The largest absolute Gasteiger partial charge is 0.248 e. The van der Waals surface area contributed by atoms with Gasteiger partial charge in [0, 0.05) is 59.9 Å². The molecule has 0 saturated heterocycles. The molecule has 4 aromatic carbocycles. The zero-order valence-electron chi connectivity index (χ0n) is 38.4. The van der Waals surface area contributed by atoms with Gasteiger partial charge in [0.25, 0.3) is 0 Å². The molecular formula is C60H48N2S4. The van der Waals surface area contributed by atoms with Crippen LogP contribution in [0, 0.1) is 55.4 Å². The van der Waals surface area contributed by atoms with E-state index >= 15 is 0 Å². The van der Waals surface area contributed by atoms with Gasteiger partial charge in [-0.05, 0) is 173 Å². The highest BCUT2D eigenvalue weighted by Crippen LogP contribution is 2.45. The van der Waals surface area contributed by atoms with Crippen molar-refractivity contribution < 1.29 is 0 Å². The molecule has 0 fully saturated rings. The predicted octanol–water partition coefficient (Wildman–Crippen LogP) is 18.8. The van der Waals surface area contributed by atoms with Gasteiger partial charge < -0.3 is 0 Å². The van der Waals surface area contributed by atoms with Crippen molar-refractivity contribution in [2.75, 3.05) is 0 Å². The molecule has 0 unspecified atom stereocenters. The van der Waals surface area contributed by atoms with Crippen molar-refractivity contribution in [1.82, 2.24) is 9.97 Å². The average Bonchev–Trinajstić information content (AvgIpc) is 4.14. The Labute approximate surface area is 403 Å². The standard InChI is InChI=1S/C60H48N2S4/c1-33-9-13-41(14-10-33)57-43-17-19-45(61-43)59(55-37(5)29-35(3)30-38(55)6)53-25-23-49(64-53)47-21-22-48(63-47)50-24-26-54(65-50)60(56-39(7)31-36(4)32-40(56)8)46-20-18-44(62-46)58(52-28-27-51(57)66-52)42-15-11-34(2)12-16-42/h9-32H,1-8H3. The Morgan fingerprint density at radius 3 is 0.848 bits per heavy atom. The summed E-state index contributed by atoms with van der Waals surface area (Å²) in [7, 11) is 0. The number of aryl methyl sites for hydroxylation is 8. The third-order valence-corrected chi connectivity index (χ3v) is 17.5. The summed E-state index contributed by atoms with van der Waals surface area (Å²) in [5.74, 6) is 0. The lowest BCUT2D eigenvalue weighted by atomic mass is 9.93. The van der Waals surface area contributed by atoms with E-state index in [1.807, 2.05) is 45.3 Å². The fourth-order valence-corrected chi connectivity index (χ4v) is 14.4. The second-order valence-electron chi connectivity index (χ2n) is 17.9. The van der Waals surface area contributed by atoms with Crippen LogP contribution in [0.4, 0.5) is 0 Å². The summed E-state index contributed by atoms with van der Waals surface area (Å²) in [6.07, 6.45) is 8.94. The molecule has 66 heavy (non-hydrogen) atoms. The summed E-state index contributed by atoms with van der Waals surface area (Å²) in [6, 6.07) is 45.5. The minimum Gasteiger partial charge on any atom is -0.248 e. The number of benzene rings is 4. The Bertz CT molecular complexity index is 3480. The molecule has 0 atom stereocenters. The number of fused-ring (bicyclic) bond motifs is 14. The van der Waals surface area contributed by atoms with Crippen LogP contribution in [0.2, 0.25) is 0 Å². The molecule has 0 amide bonds. The van der Waals surface area contributed by atoms with Gasteiger partial charge in [-0.1, -0.05) is 95.1 Å². The van der Waals surface area contributed by atoms with E-state index in [1.54, 1.807) is 0 Å². The van der Waals surface area contributed by atoms with Crippen molar-refractivity contribution in [3.8, 4) is 44.5 Å². The lowest BCUT2D eigenvalue weighted by molar-refractivity contribution is 1.29. The van der Waals surface area contributed by atoms with E-state index in [4.69, 9.17) is 9.97 Å². The summed E-state index contributed by atoms with van der Waals surface area (Å²) < 4.78 is 9.83. The minimum atomic E-state index is 0.965. The number of aromatic nitrogens is 2. The molecule has 2 aliphatic heterocycles. The van der Waals surface area contributed by atoms with Crippen LogP contribution in [0.15, 0.2) is 121 Å². The van der Waals surface area contributed by atoms with Crippen LogP contribution in [0.3, 0.4) is 0 Å². The Morgan fingerprint density at radius 2 is 0.515 bits per heavy atom. The maximum Gasteiger partial charge on any atom is 0.0730 e. The van der Waals surface area contributed by atoms with E-state index in [2.05, 4.69) is 201 Å². The molecule has 0 radical (unpaired) electrons. The van der Waals surface area contributed by atoms with Crippen LogP contribution in [0.25, 0.3) is 106 Å². The number of nitrogens with zero attached hydrogens (tertiary/aromatic N) is 2. The first kappa shape index (κ1) is 42.4. The molecule has 0 saturated carbocycles. The van der Waals surface area contributed by atoms with Crippen LogP contribution in [0.5, 0.6) is 0 Å². The SMILES string of the molecule is Cc1ccc(-c2c3nc(c(-c4c(C)cc(C)cc4C)c4ccc(s4)c4ccc(s4)c4ccc(s4)c(-c4c(C)cc(C)cc4C)c4nc(c(-c5ccc(C)cc5)c5ccc2s5)C=C4)C=C3)cc1. The highest BCUT2D eigenvalue weighted by molar-refractivity contribution is 7.33. The van der Waals surface area contributed by atoms with E-state index in [-0.39, 0.29) is 0 Å². The Hall–Kier alpha value is -6.28. The van der Waals surface area contributed by atoms with Crippen LogP contribution in [-0.4, -0.2) is 9.97 Å². The van der Waals surface area contributed by atoms with Crippen LogP contribution in [0.1, 0.15) is 67.3 Å². The van der Waals surface area contributed by atoms with E-state index in [0.29, 0.717) is 0 Å². The third kappa shape index (κ3) is 7.66. The first-order valence-electron chi connectivity index (χ1n) is 22.4. The van der Waals surface area contributed by atoms with Crippen molar-refractivity contribution >= 4 is 107 Å². The van der Waals surface area contributed by atoms with Gasteiger partial charge in [-0.15, -0.1) is 45.3 Å². The van der Waals surface area contributed by atoms with Crippen molar-refractivity contribution in [2.45, 2.75) is 55.4 Å². The molecular weight excluding hydrogens is 877 g/mol. The number of hydrogen-bond acceptors (Lipinski definition) is 6. The summed E-state index contributed by atoms with van der Waals surface area (Å²) >= 11 is 7.41. The topological polar surface area (TPSA) is 25.8 Å². The normalized spacial score (nSPS) is 12.1. The summed E-state index contributed by atoms with van der Waals surface area (Å²) in [4.78, 5) is 11.3. The highest BCUT2D eigenvalue weighted by Gasteiger charge is 2.21. The fraction of sp³-hybridized carbons (Fsp3) is 0.133. The number of hydrogen-bond donors (Lipinski definition) is 0. The lowest BCUT2D eigenvalue weighted by Gasteiger charge is -2.13. The molecule has 2 aliphatic rings. The first-order valence-corrected chi connectivity index (χ1v) is 25.7. The molecule has 0 spiro atoms. The average molecular weight is 925 g/mol. The summed E-state index contributed by atoms with van der Waals surface area (Å²) in [5.41, 5.74) is 23.4. The molecule has 2 nitrogen and oxygen atoms in total. The number of thiophene rings is 4. The molecule has 0 aliphatic carbocycles. The van der Waals surface area contributed by atoms with Crippen molar-refractivity contribution in [1.29, 1.82) is 0 Å². The molecule has 12 bridgehead atoms. The maximum absolute atomic E-state index is 5.63. The van der Waals surface area contributed by atoms with E-state index in [1.165, 1.54) is 95.0 Å². The third-order valence-electron chi connectivity index (χ3n) is 12.7. The highest BCUT2D eigenvalue weighted by atomic mass is 32.1. The molecule has 0 N–H and O–H groups in total. The molecule has 322 valence electrons. The predicted molar refractivity (Wildman–Crippen MR) is 294 cm³/mol. The Morgan fingerprint density at radius 1 is 0.258 bits per heavy atom.